The molecule has 0 radical (unpaired) electrons. The first kappa shape index (κ1) is 43.4. The molecule has 15 heteroatoms. The molecular weight excluding hydrogens is 678 g/mol. The standard InChI is InChI=1S/C36H59N5O9S/c1-20(2)15-25(39-32(44)24(13-14-51-10)38-34(46)31(22(5)6)41-35(47)50-36(7,8)9)26(42)17-29(43)40-30(21(3)4)33(45)37-18-23-11-12-27-28(16-23)49-19-48-27/h11-12,16,20-22,24-26,30-31,42H,13-15,17-19H2,1-10H3,(H,37,45)(H,38,46)(H,39,44)(H,40,43)(H,41,47)/t24-,25?,26-,30+,31-/m0/s1. The van der Waals surface area contributed by atoms with Crippen molar-refractivity contribution >= 4 is 41.5 Å². The number of carbonyl (C=O) groups is 5. The van der Waals surface area contributed by atoms with Gasteiger partial charge in [-0.05, 0) is 81.1 Å². The van der Waals surface area contributed by atoms with Crippen LogP contribution in [0.3, 0.4) is 0 Å². The summed E-state index contributed by atoms with van der Waals surface area (Å²) in [5.74, 6) is -0.743. The molecule has 51 heavy (non-hydrogen) atoms. The summed E-state index contributed by atoms with van der Waals surface area (Å²) in [5, 5.41) is 25.1. The third-order valence-electron chi connectivity index (χ3n) is 7.95. The first-order valence-corrected chi connectivity index (χ1v) is 18.9. The highest BCUT2D eigenvalue weighted by Gasteiger charge is 2.33. The van der Waals surface area contributed by atoms with Crippen LogP contribution in [0.15, 0.2) is 18.2 Å². The molecule has 0 fully saturated rings. The van der Waals surface area contributed by atoms with Crippen molar-refractivity contribution in [1.29, 1.82) is 0 Å². The molecule has 2 rings (SSSR count). The van der Waals surface area contributed by atoms with Crippen LogP contribution in [-0.2, 0) is 30.5 Å². The van der Waals surface area contributed by atoms with E-state index in [1.165, 1.54) is 11.8 Å². The molecule has 0 aliphatic carbocycles. The maximum atomic E-state index is 13.7. The van der Waals surface area contributed by atoms with Crippen molar-refractivity contribution in [2.75, 3.05) is 18.8 Å². The zero-order valence-corrected chi connectivity index (χ0v) is 32.5. The molecule has 1 aliphatic heterocycles. The Labute approximate surface area is 306 Å². The minimum absolute atomic E-state index is 0.0426. The number of ether oxygens (including phenoxy) is 3. The first-order valence-electron chi connectivity index (χ1n) is 17.5. The number of rotatable bonds is 19. The number of aliphatic hydroxyl groups excluding tert-OH is 1. The smallest absolute Gasteiger partial charge is 0.408 e. The SMILES string of the molecule is CSCC[C@H](NC(=O)[C@@H](NC(=O)OC(C)(C)C)C(C)C)C(=O)NC(CC(C)C)[C@@H](O)CC(=O)N[C@@H](C(=O)NCc1ccc2c(c1)OCO2)C(C)C. The lowest BCUT2D eigenvalue weighted by Crippen LogP contribution is -2.58. The number of benzene rings is 1. The number of hydrogen-bond acceptors (Lipinski definition) is 10. The zero-order valence-electron chi connectivity index (χ0n) is 31.7. The van der Waals surface area contributed by atoms with Crippen LogP contribution in [-0.4, -0.2) is 89.5 Å². The fraction of sp³-hybridized carbons (Fsp3) is 0.694. The second-order valence-corrected chi connectivity index (χ2v) is 15.9. The summed E-state index contributed by atoms with van der Waals surface area (Å²) in [6, 6.07) is 1.74. The minimum atomic E-state index is -1.28. The molecule has 0 spiro atoms. The van der Waals surface area contributed by atoms with Crippen LogP contribution in [0.5, 0.6) is 11.5 Å². The van der Waals surface area contributed by atoms with E-state index in [0.717, 1.165) is 5.56 Å². The Kier molecular flexibility index (Phi) is 17.3. The molecule has 0 saturated heterocycles. The third-order valence-corrected chi connectivity index (χ3v) is 8.59. The average molecular weight is 738 g/mol. The molecule has 288 valence electrons. The number of alkyl carbamates (subject to hydrolysis) is 1. The van der Waals surface area contributed by atoms with Gasteiger partial charge in [0.05, 0.1) is 18.6 Å². The summed E-state index contributed by atoms with van der Waals surface area (Å²) < 4.78 is 16.1. The van der Waals surface area contributed by atoms with E-state index in [-0.39, 0.29) is 43.4 Å². The van der Waals surface area contributed by atoms with Crippen molar-refractivity contribution < 1.29 is 43.3 Å². The molecule has 0 bridgehead atoms. The topological polar surface area (TPSA) is 193 Å². The summed E-state index contributed by atoms with van der Waals surface area (Å²) >= 11 is 1.50. The molecule has 5 atom stereocenters. The Balaban J connectivity index is 2.08. The number of aliphatic hydroxyl groups is 1. The van der Waals surface area contributed by atoms with Crippen LogP contribution in [0.2, 0.25) is 0 Å². The van der Waals surface area contributed by atoms with Gasteiger partial charge in [-0.25, -0.2) is 4.79 Å². The van der Waals surface area contributed by atoms with Crippen molar-refractivity contribution in [1.82, 2.24) is 26.6 Å². The van der Waals surface area contributed by atoms with Gasteiger partial charge in [0, 0.05) is 6.54 Å². The van der Waals surface area contributed by atoms with Crippen LogP contribution in [0.4, 0.5) is 4.79 Å². The van der Waals surface area contributed by atoms with Gasteiger partial charge in [0.2, 0.25) is 30.4 Å². The van der Waals surface area contributed by atoms with E-state index in [9.17, 15) is 29.1 Å². The number of nitrogens with one attached hydrogen (secondary N) is 5. The molecule has 1 heterocycles. The van der Waals surface area contributed by atoms with Gasteiger partial charge in [0.1, 0.15) is 23.7 Å². The van der Waals surface area contributed by atoms with Crippen LogP contribution in [0.25, 0.3) is 0 Å². The van der Waals surface area contributed by atoms with Gasteiger partial charge in [-0.1, -0.05) is 47.6 Å². The number of fused-ring (bicyclic) bond motifs is 1. The van der Waals surface area contributed by atoms with Gasteiger partial charge < -0.3 is 45.9 Å². The van der Waals surface area contributed by atoms with Gasteiger partial charge in [-0.15, -0.1) is 0 Å². The second-order valence-electron chi connectivity index (χ2n) is 14.9. The molecule has 6 N–H and O–H groups in total. The number of amides is 5. The van der Waals surface area contributed by atoms with Crippen LogP contribution >= 0.6 is 11.8 Å². The highest BCUT2D eigenvalue weighted by Crippen LogP contribution is 2.32. The summed E-state index contributed by atoms with van der Waals surface area (Å²) in [6.07, 6.45) is 0.119. The predicted octanol–water partition coefficient (Wildman–Crippen LogP) is 3.24. The highest BCUT2D eigenvalue weighted by atomic mass is 32.2. The lowest BCUT2D eigenvalue weighted by atomic mass is 9.96. The Morgan fingerprint density at radius 1 is 0.863 bits per heavy atom. The molecule has 0 aromatic heterocycles. The van der Waals surface area contributed by atoms with Crippen LogP contribution < -0.4 is 36.1 Å². The van der Waals surface area contributed by atoms with Gasteiger partial charge >= 0.3 is 6.09 Å². The van der Waals surface area contributed by atoms with Crippen molar-refractivity contribution in [3.8, 4) is 11.5 Å². The zero-order chi connectivity index (χ0) is 38.5. The van der Waals surface area contributed by atoms with Crippen molar-refractivity contribution in [2.45, 2.75) is 124 Å². The Morgan fingerprint density at radius 3 is 2.08 bits per heavy atom. The van der Waals surface area contributed by atoms with Gasteiger partial charge in [-0.2, -0.15) is 11.8 Å². The molecule has 5 amide bonds. The van der Waals surface area contributed by atoms with Crippen molar-refractivity contribution in [3.05, 3.63) is 23.8 Å². The lowest BCUT2D eigenvalue weighted by molar-refractivity contribution is -0.133. The third kappa shape index (κ3) is 15.2. The summed E-state index contributed by atoms with van der Waals surface area (Å²) in [5.41, 5.74) is 0.0404. The predicted molar refractivity (Wildman–Crippen MR) is 196 cm³/mol. The fourth-order valence-corrected chi connectivity index (χ4v) is 5.76. The monoisotopic (exact) mass is 737 g/mol. The van der Waals surface area contributed by atoms with E-state index in [4.69, 9.17) is 14.2 Å². The second kappa shape index (κ2) is 20.4. The van der Waals surface area contributed by atoms with Crippen LogP contribution in [0, 0.1) is 17.8 Å². The Hall–Kier alpha value is -3.72. The molecule has 1 aliphatic rings. The van der Waals surface area contributed by atoms with E-state index >= 15 is 0 Å². The number of hydrogen-bond donors (Lipinski definition) is 6. The molecule has 14 nitrogen and oxygen atoms in total. The quantitative estimate of drug-likeness (QED) is 0.123. The van der Waals surface area contributed by atoms with Gasteiger partial charge in [0.15, 0.2) is 11.5 Å². The molecule has 0 saturated carbocycles. The van der Waals surface area contributed by atoms with E-state index in [0.29, 0.717) is 30.1 Å². The van der Waals surface area contributed by atoms with E-state index in [2.05, 4.69) is 26.6 Å². The normalized spacial score (nSPS) is 15.4. The maximum absolute atomic E-state index is 13.7. The molecule has 1 aromatic rings. The summed E-state index contributed by atoms with van der Waals surface area (Å²) in [7, 11) is 0. The van der Waals surface area contributed by atoms with E-state index in [1.54, 1.807) is 60.6 Å². The molecule has 1 unspecified atom stereocenters. The minimum Gasteiger partial charge on any atom is -0.454 e. The average Bonchev–Trinajstić information content (AvgIpc) is 3.49. The maximum Gasteiger partial charge on any atom is 0.408 e. The lowest BCUT2D eigenvalue weighted by Gasteiger charge is -2.30. The summed E-state index contributed by atoms with van der Waals surface area (Å²) in [4.78, 5) is 65.8. The highest BCUT2D eigenvalue weighted by molar-refractivity contribution is 7.98. The molecular formula is C36H59N5O9S. The van der Waals surface area contributed by atoms with Gasteiger partial charge in [-0.3, -0.25) is 19.2 Å². The van der Waals surface area contributed by atoms with Crippen molar-refractivity contribution in [2.24, 2.45) is 17.8 Å². The number of carbonyl (C=O) groups excluding carboxylic acids is 5. The first-order chi connectivity index (χ1) is 23.8. The van der Waals surface area contributed by atoms with E-state index in [1.807, 2.05) is 26.2 Å². The van der Waals surface area contributed by atoms with Gasteiger partial charge in [0.25, 0.3) is 0 Å². The van der Waals surface area contributed by atoms with Crippen molar-refractivity contribution in [3.63, 3.8) is 0 Å². The fourth-order valence-electron chi connectivity index (χ4n) is 5.29. The Morgan fingerprint density at radius 2 is 1.49 bits per heavy atom. The molecule has 1 aromatic carbocycles. The van der Waals surface area contributed by atoms with Crippen LogP contribution in [0.1, 0.15) is 87.1 Å². The Bertz CT molecular complexity index is 1330. The largest absolute Gasteiger partial charge is 0.454 e. The van der Waals surface area contributed by atoms with E-state index < -0.39 is 59.7 Å². The number of thioether (sulfide) groups is 1. The summed E-state index contributed by atoms with van der Waals surface area (Å²) in [6.45, 7) is 16.5.